The first-order chi connectivity index (χ1) is 22.2. The lowest BCUT2D eigenvalue weighted by molar-refractivity contribution is -0.138. The second-order valence-electron chi connectivity index (χ2n) is 12.1. The zero-order chi connectivity index (χ0) is 33.3. The van der Waals surface area contributed by atoms with E-state index in [9.17, 15) is 24.0 Å². The molecule has 0 unspecified atom stereocenters. The zero-order valence-electron chi connectivity index (χ0n) is 26.9. The molecule has 11 heteroatoms. The summed E-state index contributed by atoms with van der Waals surface area (Å²) in [7, 11) is 0. The maximum atomic E-state index is 13.7. The van der Waals surface area contributed by atoms with E-state index in [4.69, 9.17) is 21.9 Å². The van der Waals surface area contributed by atoms with Gasteiger partial charge in [0.25, 0.3) is 0 Å². The van der Waals surface area contributed by atoms with Crippen LogP contribution in [0.15, 0.2) is 42.5 Å². The lowest BCUT2D eigenvalue weighted by atomic mass is 9.91. The first-order valence-corrected chi connectivity index (χ1v) is 16.6. The monoisotopic (exact) mass is 637 g/mol. The molecule has 3 amide bonds. The minimum atomic E-state index is -0.715. The Morgan fingerprint density at radius 2 is 1.63 bits per heavy atom. The smallest absolute Gasteiger partial charge is 0.243 e. The number of hydrogen-bond donors (Lipinski definition) is 4. The minimum Gasteiger partial charge on any atom is -0.372 e. The van der Waals surface area contributed by atoms with Crippen LogP contribution in [-0.4, -0.2) is 79.1 Å². The fourth-order valence-corrected chi connectivity index (χ4v) is 6.14. The highest BCUT2D eigenvalue weighted by molar-refractivity contribution is 5.96. The van der Waals surface area contributed by atoms with Crippen molar-refractivity contribution in [2.45, 2.75) is 89.1 Å². The fourth-order valence-electron chi connectivity index (χ4n) is 6.14. The number of benzene rings is 2. The maximum absolute atomic E-state index is 13.7. The molecule has 252 valence electrons. The molecule has 7 N–H and O–H groups in total. The molecule has 1 heterocycles. The van der Waals surface area contributed by atoms with E-state index in [0.717, 1.165) is 22.8 Å². The summed E-state index contributed by atoms with van der Waals surface area (Å²) in [5, 5.41) is 5.01. The van der Waals surface area contributed by atoms with E-state index in [1.54, 1.807) is 4.90 Å². The summed E-state index contributed by atoms with van der Waals surface area (Å²) in [5.74, 6) is -1.92. The molecule has 0 radical (unpaired) electrons. The Hall–Kier alpha value is -3.67. The third-order valence-corrected chi connectivity index (χ3v) is 8.60. The molecular weight excluding hydrogens is 586 g/mol. The summed E-state index contributed by atoms with van der Waals surface area (Å²) in [4.78, 5) is 66.6. The molecule has 1 aliphatic heterocycles. The molecule has 0 aromatic heterocycles. The van der Waals surface area contributed by atoms with E-state index >= 15 is 0 Å². The number of fused-ring (bicyclic) bond motifs is 1. The highest BCUT2D eigenvalue weighted by Gasteiger charge is 2.36. The van der Waals surface area contributed by atoms with Crippen LogP contribution in [0.3, 0.4) is 0 Å². The van der Waals surface area contributed by atoms with Crippen LogP contribution in [0, 0.1) is 5.92 Å². The molecular formula is C35H51N5O6. The van der Waals surface area contributed by atoms with Crippen LogP contribution in [0.4, 0.5) is 0 Å². The van der Waals surface area contributed by atoms with Crippen molar-refractivity contribution in [1.82, 2.24) is 10.2 Å². The lowest BCUT2D eigenvalue weighted by Gasteiger charge is -2.26. The fraction of sp³-hybridized carbons (Fsp3) is 0.571. The van der Waals surface area contributed by atoms with Crippen molar-refractivity contribution in [3.8, 4) is 0 Å². The Kier molecular flexibility index (Phi) is 15.8. The van der Waals surface area contributed by atoms with Gasteiger partial charge in [-0.25, -0.2) is 0 Å². The van der Waals surface area contributed by atoms with Crippen LogP contribution in [0.1, 0.15) is 76.2 Å². The standard InChI is InChI=1S/C35H51N5O6/c36-18-5-3-11-27(35(45)39-29(15-4-6-19-37)31(41)17-9-21-46-24-33(38)43)22-32(42)30-16-8-20-40(30)34(44)23-26-13-7-12-25-10-1-2-14-28(25)26/h1-2,7,10,12-14,27,29-30H,3-6,8-9,11,15-24,36-37H2,(H2,38,43)(H,39,45)/t27-,29+,30+/m1/s1. The number of amides is 3. The Balaban J connectivity index is 1.66. The van der Waals surface area contributed by atoms with Crippen molar-refractivity contribution in [2.24, 2.45) is 23.1 Å². The van der Waals surface area contributed by atoms with Crippen molar-refractivity contribution >= 4 is 40.1 Å². The summed E-state index contributed by atoms with van der Waals surface area (Å²) in [6, 6.07) is 12.5. The van der Waals surface area contributed by atoms with E-state index < -0.39 is 23.9 Å². The topological polar surface area (TPSA) is 188 Å². The molecule has 1 aliphatic rings. The number of nitrogens with zero attached hydrogens (tertiary/aromatic N) is 1. The summed E-state index contributed by atoms with van der Waals surface area (Å²) in [5.41, 5.74) is 17.4. The van der Waals surface area contributed by atoms with Gasteiger partial charge in [-0.3, -0.25) is 24.0 Å². The zero-order valence-corrected chi connectivity index (χ0v) is 26.9. The number of primary amides is 1. The minimum absolute atomic E-state index is 0.0101. The van der Waals surface area contributed by atoms with Gasteiger partial charge >= 0.3 is 0 Å². The molecule has 0 saturated carbocycles. The maximum Gasteiger partial charge on any atom is 0.243 e. The Labute approximate surface area is 271 Å². The van der Waals surface area contributed by atoms with Gasteiger partial charge in [-0.05, 0) is 80.8 Å². The third kappa shape index (κ3) is 11.6. The van der Waals surface area contributed by atoms with Gasteiger partial charge < -0.3 is 32.2 Å². The number of rotatable bonds is 22. The quantitative estimate of drug-likeness (QED) is 0.142. The number of carbonyl (C=O) groups is 5. The molecule has 2 aromatic rings. The van der Waals surface area contributed by atoms with Gasteiger partial charge in [0.15, 0.2) is 11.6 Å². The average molecular weight is 638 g/mol. The number of carbonyl (C=O) groups excluding carboxylic acids is 5. The highest BCUT2D eigenvalue weighted by Crippen LogP contribution is 2.26. The Bertz CT molecular complexity index is 1310. The lowest BCUT2D eigenvalue weighted by Crippen LogP contribution is -2.46. The predicted octanol–water partition coefficient (Wildman–Crippen LogP) is 2.54. The second-order valence-corrected chi connectivity index (χ2v) is 12.1. The van der Waals surface area contributed by atoms with E-state index in [0.29, 0.717) is 71.0 Å². The first-order valence-electron chi connectivity index (χ1n) is 16.6. The van der Waals surface area contributed by atoms with Gasteiger partial charge in [0, 0.05) is 31.9 Å². The molecule has 2 aromatic carbocycles. The predicted molar refractivity (Wildman–Crippen MR) is 177 cm³/mol. The summed E-state index contributed by atoms with van der Waals surface area (Å²) in [6.45, 7) is 1.44. The van der Waals surface area contributed by atoms with E-state index in [1.807, 2.05) is 42.5 Å². The van der Waals surface area contributed by atoms with Crippen LogP contribution < -0.4 is 22.5 Å². The molecule has 1 saturated heterocycles. The normalized spacial score (nSPS) is 15.9. The average Bonchev–Trinajstić information content (AvgIpc) is 3.54. The number of likely N-dealkylation sites (tertiary alicyclic amines) is 1. The van der Waals surface area contributed by atoms with Crippen molar-refractivity contribution in [1.29, 1.82) is 0 Å². The number of Topliss-reactive ketones (excluding diaryl/α,β-unsaturated/α-hetero) is 2. The first kappa shape index (κ1) is 36.8. The number of nitrogens with one attached hydrogen (secondary N) is 1. The molecule has 3 rings (SSSR count). The van der Waals surface area contributed by atoms with Gasteiger partial charge in [0.05, 0.1) is 18.5 Å². The van der Waals surface area contributed by atoms with Gasteiger partial charge in [-0.15, -0.1) is 0 Å². The Morgan fingerprint density at radius 3 is 2.37 bits per heavy atom. The number of ketones is 2. The van der Waals surface area contributed by atoms with Gasteiger partial charge in [-0.2, -0.15) is 0 Å². The van der Waals surface area contributed by atoms with Crippen molar-refractivity contribution < 1.29 is 28.7 Å². The molecule has 0 bridgehead atoms. The van der Waals surface area contributed by atoms with Crippen LogP contribution in [0.2, 0.25) is 0 Å². The van der Waals surface area contributed by atoms with E-state index in [-0.39, 0.29) is 55.9 Å². The number of nitrogens with two attached hydrogens (primary N) is 3. The molecule has 0 aliphatic carbocycles. The summed E-state index contributed by atoms with van der Waals surface area (Å²) < 4.78 is 5.16. The molecule has 3 atom stereocenters. The van der Waals surface area contributed by atoms with Gasteiger partial charge in [0.1, 0.15) is 6.61 Å². The number of unbranched alkanes of at least 4 members (excludes halogenated alkanes) is 2. The van der Waals surface area contributed by atoms with Crippen molar-refractivity contribution in [2.75, 3.05) is 32.8 Å². The SMILES string of the molecule is NCCCC[C@H](CC(=O)[C@@H]1CCCN1C(=O)Cc1cccc2ccccc12)C(=O)N[C@@H](CCCCN)C(=O)CCCOCC(N)=O. The second kappa shape index (κ2) is 19.8. The van der Waals surface area contributed by atoms with Crippen LogP contribution in [0.25, 0.3) is 10.8 Å². The van der Waals surface area contributed by atoms with Crippen molar-refractivity contribution in [3.05, 3.63) is 48.0 Å². The highest BCUT2D eigenvalue weighted by atomic mass is 16.5. The molecule has 46 heavy (non-hydrogen) atoms. The summed E-state index contributed by atoms with van der Waals surface area (Å²) >= 11 is 0. The summed E-state index contributed by atoms with van der Waals surface area (Å²) in [6.07, 6.45) is 5.68. The largest absolute Gasteiger partial charge is 0.372 e. The van der Waals surface area contributed by atoms with E-state index in [1.165, 1.54) is 0 Å². The molecule has 1 fully saturated rings. The number of hydrogen-bond acceptors (Lipinski definition) is 8. The van der Waals surface area contributed by atoms with Crippen molar-refractivity contribution in [3.63, 3.8) is 0 Å². The van der Waals surface area contributed by atoms with Gasteiger partial charge in [-0.1, -0.05) is 48.9 Å². The van der Waals surface area contributed by atoms with E-state index in [2.05, 4.69) is 5.32 Å². The number of ether oxygens (including phenoxy) is 1. The van der Waals surface area contributed by atoms with Crippen LogP contribution in [-0.2, 0) is 35.1 Å². The molecule has 11 nitrogen and oxygen atoms in total. The Morgan fingerprint density at radius 1 is 0.913 bits per heavy atom. The molecule has 0 spiro atoms. The van der Waals surface area contributed by atoms with Crippen LogP contribution in [0.5, 0.6) is 0 Å². The van der Waals surface area contributed by atoms with Gasteiger partial charge in [0.2, 0.25) is 17.7 Å². The third-order valence-electron chi connectivity index (χ3n) is 8.60. The van der Waals surface area contributed by atoms with Crippen LogP contribution >= 0.6 is 0 Å².